The van der Waals surface area contributed by atoms with Crippen LogP contribution in [0.25, 0.3) is 11.3 Å². The Kier molecular flexibility index (Phi) is 5.83. The van der Waals surface area contributed by atoms with E-state index in [-0.39, 0.29) is 18.7 Å². The van der Waals surface area contributed by atoms with Crippen LogP contribution in [-0.2, 0) is 16.0 Å². The fourth-order valence-electron chi connectivity index (χ4n) is 3.62. The summed E-state index contributed by atoms with van der Waals surface area (Å²) in [5.74, 6) is 0.0101. The monoisotopic (exact) mass is 372 g/mol. The molecule has 1 aliphatic heterocycles. The van der Waals surface area contributed by atoms with Gasteiger partial charge in [-0.3, -0.25) is 9.59 Å². The Hall–Kier alpha value is -2.77. The Morgan fingerprint density at radius 1 is 1.30 bits per heavy atom. The summed E-state index contributed by atoms with van der Waals surface area (Å²) in [7, 11) is 0. The van der Waals surface area contributed by atoms with Crippen LogP contribution in [-0.4, -0.2) is 50.1 Å². The molecule has 8 nitrogen and oxygen atoms in total. The fraction of sp³-hybridized carbons (Fsp3) is 0.526. The summed E-state index contributed by atoms with van der Waals surface area (Å²) < 4.78 is 5.22. The van der Waals surface area contributed by atoms with E-state index < -0.39 is 5.97 Å². The van der Waals surface area contributed by atoms with E-state index in [9.17, 15) is 9.59 Å². The highest BCUT2D eigenvalue weighted by Crippen LogP contribution is 2.26. The maximum Gasteiger partial charge on any atom is 0.303 e. The molecule has 1 aliphatic rings. The van der Waals surface area contributed by atoms with Crippen LogP contribution in [0.15, 0.2) is 16.9 Å². The highest BCUT2D eigenvalue weighted by molar-refractivity contribution is 5.80. The van der Waals surface area contributed by atoms with Crippen molar-refractivity contribution in [2.24, 2.45) is 5.92 Å². The van der Waals surface area contributed by atoms with Crippen molar-refractivity contribution in [3.05, 3.63) is 29.5 Å². The van der Waals surface area contributed by atoms with Crippen LogP contribution in [0.1, 0.15) is 42.8 Å². The van der Waals surface area contributed by atoms with Gasteiger partial charge in [-0.2, -0.15) is 0 Å². The van der Waals surface area contributed by atoms with E-state index in [0.29, 0.717) is 19.0 Å². The lowest BCUT2D eigenvalue weighted by Crippen LogP contribution is -2.40. The first-order valence-corrected chi connectivity index (χ1v) is 9.17. The highest BCUT2D eigenvalue weighted by atomic mass is 16.5. The Labute approximate surface area is 157 Å². The molecule has 3 rings (SSSR count). The topological polar surface area (TPSA) is 109 Å². The zero-order valence-corrected chi connectivity index (χ0v) is 15.6. The summed E-state index contributed by atoms with van der Waals surface area (Å²) in [6.45, 7) is 5.08. The molecule has 0 saturated carbocycles. The van der Waals surface area contributed by atoms with E-state index in [0.717, 1.165) is 47.7 Å². The molecule has 0 spiro atoms. The number of aryl methyl sites for hydroxylation is 2. The van der Waals surface area contributed by atoms with Crippen LogP contribution in [0.4, 0.5) is 0 Å². The fourth-order valence-corrected chi connectivity index (χ4v) is 3.62. The summed E-state index contributed by atoms with van der Waals surface area (Å²) in [5, 5.41) is 12.7. The number of nitrogens with zero attached hydrogens (tertiary/aromatic N) is 4. The summed E-state index contributed by atoms with van der Waals surface area (Å²) in [6.07, 6.45) is 4.19. The summed E-state index contributed by atoms with van der Waals surface area (Å²) in [5.41, 5.74) is 3.41. The third-order valence-corrected chi connectivity index (χ3v) is 4.94. The van der Waals surface area contributed by atoms with Gasteiger partial charge in [0.2, 0.25) is 5.91 Å². The van der Waals surface area contributed by atoms with Crippen LogP contribution in [0.2, 0.25) is 0 Å². The van der Waals surface area contributed by atoms with E-state index in [1.165, 1.54) is 0 Å². The third kappa shape index (κ3) is 4.69. The quantitative estimate of drug-likeness (QED) is 0.829. The SMILES string of the molecule is Cc1noc(C)c1-c1cc(CC2CCCN(C(=O)CCC(=O)O)C2)ncn1. The molecule has 8 heteroatoms. The van der Waals surface area contributed by atoms with Gasteiger partial charge < -0.3 is 14.5 Å². The number of amides is 1. The van der Waals surface area contributed by atoms with Gasteiger partial charge in [0, 0.05) is 25.2 Å². The number of likely N-dealkylation sites (tertiary alicyclic amines) is 1. The normalized spacial score (nSPS) is 17.1. The summed E-state index contributed by atoms with van der Waals surface area (Å²) >= 11 is 0. The second-order valence-corrected chi connectivity index (χ2v) is 7.04. The zero-order valence-electron chi connectivity index (χ0n) is 15.6. The summed E-state index contributed by atoms with van der Waals surface area (Å²) in [4.78, 5) is 33.4. The van der Waals surface area contributed by atoms with Gasteiger partial charge in [0.15, 0.2) is 0 Å². The molecule has 0 bridgehead atoms. The first kappa shape index (κ1) is 19.0. The van der Waals surface area contributed by atoms with Gasteiger partial charge in [-0.1, -0.05) is 5.16 Å². The predicted octanol–water partition coefficient (Wildman–Crippen LogP) is 2.39. The molecule has 3 heterocycles. The molecule has 1 amide bonds. The average molecular weight is 372 g/mol. The minimum Gasteiger partial charge on any atom is -0.481 e. The van der Waals surface area contributed by atoms with Gasteiger partial charge in [-0.05, 0) is 45.1 Å². The smallest absolute Gasteiger partial charge is 0.303 e. The maximum atomic E-state index is 12.2. The average Bonchev–Trinajstić information content (AvgIpc) is 2.98. The van der Waals surface area contributed by atoms with Gasteiger partial charge in [0.1, 0.15) is 12.1 Å². The Bertz CT molecular complexity index is 813. The van der Waals surface area contributed by atoms with E-state index in [4.69, 9.17) is 9.63 Å². The lowest BCUT2D eigenvalue weighted by atomic mass is 9.92. The van der Waals surface area contributed by atoms with Crippen LogP contribution in [0, 0.1) is 19.8 Å². The van der Waals surface area contributed by atoms with Crippen molar-refractivity contribution in [1.82, 2.24) is 20.0 Å². The van der Waals surface area contributed by atoms with Crippen LogP contribution in [0.5, 0.6) is 0 Å². The number of rotatable bonds is 6. The lowest BCUT2D eigenvalue weighted by molar-refractivity contribution is -0.141. The molecule has 0 radical (unpaired) electrons. The van der Waals surface area contributed by atoms with Crippen LogP contribution < -0.4 is 0 Å². The number of aromatic nitrogens is 3. The largest absolute Gasteiger partial charge is 0.481 e. The first-order chi connectivity index (χ1) is 12.9. The van der Waals surface area contributed by atoms with Crippen LogP contribution >= 0.6 is 0 Å². The van der Waals surface area contributed by atoms with Crippen molar-refractivity contribution < 1.29 is 19.2 Å². The molecule has 1 N–H and O–H groups in total. The second kappa shape index (κ2) is 8.28. The molecule has 0 aromatic carbocycles. The third-order valence-electron chi connectivity index (χ3n) is 4.94. The molecule has 0 aliphatic carbocycles. The van der Waals surface area contributed by atoms with Gasteiger partial charge in [-0.25, -0.2) is 9.97 Å². The summed E-state index contributed by atoms with van der Waals surface area (Å²) in [6, 6.07) is 1.96. The van der Waals surface area contributed by atoms with E-state index in [2.05, 4.69) is 15.1 Å². The molecule has 2 aromatic heterocycles. The van der Waals surface area contributed by atoms with Crippen molar-refractivity contribution >= 4 is 11.9 Å². The number of hydrogen-bond acceptors (Lipinski definition) is 6. The van der Waals surface area contributed by atoms with Crippen molar-refractivity contribution in [3.63, 3.8) is 0 Å². The molecule has 1 unspecified atom stereocenters. The minimum atomic E-state index is -0.940. The number of hydrogen-bond donors (Lipinski definition) is 1. The minimum absolute atomic E-state index is 0.0613. The number of piperidine rings is 1. The molecule has 144 valence electrons. The van der Waals surface area contributed by atoms with E-state index in [1.807, 2.05) is 19.9 Å². The van der Waals surface area contributed by atoms with Crippen molar-refractivity contribution in [2.75, 3.05) is 13.1 Å². The molecular formula is C19H24N4O4. The number of carbonyl (C=O) groups excluding carboxylic acids is 1. The first-order valence-electron chi connectivity index (χ1n) is 9.17. The highest BCUT2D eigenvalue weighted by Gasteiger charge is 2.24. The molecule has 1 fully saturated rings. The van der Waals surface area contributed by atoms with Crippen LogP contribution in [0.3, 0.4) is 0 Å². The number of aliphatic carboxylic acids is 1. The van der Waals surface area contributed by atoms with Crippen molar-refractivity contribution in [1.29, 1.82) is 0 Å². The Balaban J connectivity index is 1.66. The van der Waals surface area contributed by atoms with Crippen molar-refractivity contribution in [3.8, 4) is 11.3 Å². The van der Waals surface area contributed by atoms with E-state index in [1.54, 1.807) is 11.2 Å². The van der Waals surface area contributed by atoms with Gasteiger partial charge >= 0.3 is 5.97 Å². The second-order valence-electron chi connectivity index (χ2n) is 7.04. The zero-order chi connectivity index (χ0) is 19.4. The number of carbonyl (C=O) groups is 2. The number of carboxylic acids is 1. The molecule has 2 aromatic rings. The Morgan fingerprint density at radius 3 is 2.81 bits per heavy atom. The van der Waals surface area contributed by atoms with Gasteiger partial charge in [0.05, 0.1) is 23.4 Å². The Morgan fingerprint density at radius 2 is 2.11 bits per heavy atom. The van der Waals surface area contributed by atoms with Gasteiger partial charge in [0.25, 0.3) is 0 Å². The molecule has 1 saturated heterocycles. The molecular weight excluding hydrogens is 348 g/mol. The standard InChI is InChI=1S/C19H24N4O4/c1-12-19(13(2)27-22-12)16-9-15(20-11-21-16)8-14-4-3-7-23(10-14)17(24)5-6-18(25)26/h9,11,14H,3-8,10H2,1-2H3,(H,25,26). The van der Waals surface area contributed by atoms with Gasteiger partial charge in [-0.15, -0.1) is 0 Å². The molecule has 27 heavy (non-hydrogen) atoms. The molecule has 1 atom stereocenters. The maximum absolute atomic E-state index is 12.2. The van der Waals surface area contributed by atoms with E-state index >= 15 is 0 Å². The lowest BCUT2D eigenvalue weighted by Gasteiger charge is -2.32. The number of carboxylic acid groups (broad SMARTS) is 1. The van der Waals surface area contributed by atoms with Crippen molar-refractivity contribution in [2.45, 2.75) is 46.0 Å². The predicted molar refractivity (Wildman–Crippen MR) is 96.9 cm³/mol.